The quantitative estimate of drug-likeness (QED) is 0.679. The van der Waals surface area contributed by atoms with Gasteiger partial charge in [-0.1, -0.05) is 29.5 Å². The molecule has 0 saturated heterocycles. The van der Waals surface area contributed by atoms with Gasteiger partial charge < -0.3 is 14.3 Å². The predicted octanol–water partition coefficient (Wildman–Crippen LogP) is 3.69. The van der Waals surface area contributed by atoms with Crippen molar-refractivity contribution in [1.29, 1.82) is 0 Å². The Kier molecular flexibility index (Phi) is 4.48. The number of allylic oxidation sites excluding steroid dienone is 1. The van der Waals surface area contributed by atoms with Gasteiger partial charge in [-0.3, -0.25) is 14.4 Å². The molecule has 0 unspecified atom stereocenters. The van der Waals surface area contributed by atoms with Gasteiger partial charge in [0, 0.05) is 16.8 Å². The highest BCUT2D eigenvalue weighted by molar-refractivity contribution is 7.10. The Hall–Kier alpha value is -3.39. The zero-order valence-corrected chi connectivity index (χ0v) is 15.9. The molecule has 0 saturated carbocycles. The molecule has 142 valence electrons. The zero-order valence-electron chi connectivity index (χ0n) is 15.1. The smallest absolute Gasteiger partial charge is 0.373 e. The highest BCUT2D eigenvalue weighted by atomic mass is 32.1. The number of nitrogens with zero attached hydrogens (tertiary/aromatic N) is 2. The number of carbonyl (C=O) groups is 1. The van der Waals surface area contributed by atoms with Crippen molar-refractivity contribution in [3.8, 4) is 5.88 Å². The van der Waals surface area contributed by atoms with Gasteiger partial charge in [-0.2, -0.15) is 0 Å². The molecule has 1 aliphatic rings. The van der Waals surface area contributed by atoms with Crippen LogP contribution >= 0.6 is 11.3 Å². The topological polar surface area (TPSA) is 94.0 Å². The fraction of sp³-hybridized carbons (Fsp3) is 0.150. The molecule has 0 spiro atoms. The normalized spacial score (nSPS) is 14.2. The van der Waals surface area contributed by atoms with Crippen LogP contribution in [-0.2, 0) is 11.3 Å². The Balaban J connectivity index is 1.67. The number of furan rings is 1. The number of aliphatic imine (C=N–C) groups is 1. The molecule has 8 heteroatoms. The number of para-hydroxylation sites is 1. The molecule has 1 N–H and O–H groups in total. The molecule has 0 amide bonds. The molecule has 0 fully saturated rings. The van der Waals surface area contributed by atoms with E-state index in [0.717, 1.165) is 33.9 Å². The lowest BCUT2D eigenvalue weighted by Crippen LogP contribution is -2.12. The first kappa shape index (κ1) is 18.0. The van der Waals surface area contributed by atoms with Crippen molar-refractivity contribution in [2.24, 2.45) is 4.99 Å². The number of benzene rings is 1. The number of aromatic hydroxyl groups is 1. The maximum atomic E-state index is 12.4. The van der Waals surface area contributed by atoms with Crippen LogP contribution in [0.25, 0.3) is 11.6 Å². The van der Waals surface area contributed by atoms with Crippen molar-refractivity contribution in [1.82, 2.24) is 4.57 Å². The highest BCUT2D eigenvalue weighted by Crippen LogP contribution is 2.37. The number of ether oxygens (including phenoxy) is 1. The number of hydrogen-bond donors (Lipinski definition) is 1. The summed E-state index contributed by atoms with van der Waals surface area (Å²) in [5.74, 6) is -0.361. The Bertz CT molecular complexity index is 1200. The minimum absolute atomic E-state index is 0.00495. The van der Waals surface area contributed by atoms with E-state index in [9.17, 15) is 14.7 Å². The molecular weight excluding hydrogens is 380 g/mol. The van der Waals surface area contributed by atoms with Gasteiger partial charge >= 0.3 is 10.8 Å². The van der Waals surface area contributed by atoms with Crippen LogP contribution in [-0.4, -0.2) is 28.5 Å². The van der Waals surface area contributed by atoms with Crippen molar-refractivity contribution in [2.75, 3.05) is 7.11 Å². The van der Waals surface area contributed by atoms with Crippen LogP contribution in [0.1, 0.15) is 33.7 Å². The Morgan fingerprint density at radius 3 is 2.89 bits per heavy atom. The summed E-state index contributed by atoms with van der Waals surface area (Å²) in [6.07, 6.45) is 1.77. The average molecular weight is 396 g/mol. The molecule has 7 nitrogen and oxygen atoms in total. The van der Waals surface area contributed by atoms with Gasteiger partial charge in [0.05, 0.1) is 24.2 Å². The first-order chi connectivity index (χ1) is 13.5. The summed E-state index contributed by atoms with van der Waals surface area (Å²) < 4.78 is 11.2. The lowest BCUT2D eigenvalue weighted by atomic mass is 10.0. The maximum absolute atomic E-state index is 12.4. The van der Waals surface area contributed by atoms with Crippen LogP contribution in [0, 0.1) is 0 Å². The summed E-state index contributed by atoms with van der Waals surface area (Å²) in [6.45, 7) is 1.89. The van der Waals surface area contributed by atoms with Gasteiger partial charge in [0.25, 0.3) is 0 Å². The molecule has 3 aromatic rings. The van der Waals surface area contributed by atoms with Crippen molar-refractivity contribution < 1.29 is 19.1 Å². The van der Waals surface area contributed by atoms with E-state index in [1.54, 1.807) is 12.1 Å². The number of rotatable bonds is 4. The van der Waals surface area contributed by atoms with Crippen LogP contribution < -0.4 is 4.87 Å². The SMILES string of the molecule is COC(=O)c1ccc(Cn2c(O)c(/C=C3\C(C)=Nc4ccccc43)sc2=O)o1. The molecule has 1 aliphatic heterocycles. The second kappa shape index (κ2) is 6.97. The molecule has 28 heavy (non-hydrogen) atoms. The van der Waals surface area contributed by atoms with Crippen LogP contribution in [0.5, 0.6) is 5.88 Å². The summed E-state index contributed by atoms with van der Waals surface area (Å²) >= 11 is 0.934. The monoisotopic (exact) mass is 396 g/mol. The summed E-state index contributed by atoms with van der Waals surface area (Å²) in [5, 5.41) is 10.6. The third kappa shape index (κ3) is 3.07. The van der Waals surface area contributed by atoms with Gasteiger partial charge in [0.1, 0.15) is 5.76 Å². The van der Waals surface area contributed by atoms with E-state index in [0.29, 0.717) is 10.6 Å². The zero-order chi connectivity index (χ0) is 19.8. The minimum atomic E-state index is -0.603. The number of esters is 1. The average Bonchev–Trinajstić information content (AvgIpc) is 3.35. The molecule has 0 atom stereocenters. The minimum Gasteiger partial charge on any atom is -0.493 e. The second-order valence-corrected chi connectivity index (χ2v) is 7.17. The van der Waals surface area contributed by atoms with Gasteiger partial charge in [-0.25, -0.2) is 4.79 Å². The van der Waals surface area contributed by atoms with E-state index in [1.165, 1.54) is 17.7 Å². The molecule has 0 aliphatic carbocycles. The highest BCUT2D eigenvalue weighted by Gasteiger charge is 2.20. The van der Waals surface area contributed by atoms with E-state index in [1.807, 2.05) is 31.2 Å². The van der Waals surface area contributed by atoms with Gasteiger partial charge in [0.15, 0.2) is 0 Å². The van der Waals surface area contributed by atoms with Crippen molar-refractivity contribution >= 4 is 40.4 Å². The first-order valence-electron chi connectivity index (χ1n) is 8.44. The molecule has 3 heterocycles. The first-order valence-corrected chi connectivity index (χ1v) is 9.26. The number of carbonyl (C=O) groups excluding carboxylic acids is 1. The summed E-state index contributed by atoms with van der Waals surface area (Å²) in [6, 6.07) is 10.7. The van der Waals surface area contributed by atoms with Crippen molar-refractivity contribution in [3.05, 3.63) is 68.0 Å². The van der Waals surface area contributed by atoms with E-state index < -0.39 is 5.97 Å². The van der Waals surface area contributed by atoms with Gasteiger partial charge in [-0.15, -0.1) is 0 Å². The predicted molar refractivity (Wildman–Crippen MR) is 106 cm³/mol. The summed E-state index contributed by atoms with van der Waals surface area (Å²) in [4.78, 5) is 28.5. The lowest BCUT2D eigenvalue weighted by molar-refractivity contribution is 0.0563. The van der Waals surface area contributed by atoms with Gasteiger partial charge in [-0.05, 0) is 31.2 Å². The van der Waals surface area contributed by atoms with Crippen LogP contribution in [0.15, 0.2) is 50.6 Å². The van der Waals surface area contributed by atoms with Crippen LogP contribution in [0.4, 0.5) is 5.69 Å². The fourth-order valence-corrected chi connectivity index (χ4v) is 3.85. The number of thiazole rings is 1. The third-order valence-corrected chi connectivity index (χ3v) is 5.32. The summed E-state index contributed by atoms with van der Waals surface area (Å²) in [5.41, 5.74) is 3.51. The Morgan fingerprint density at radius 2 is 2.11 bits per heavy atom. The van der Waals surface area contributed by atoms with Crippen LogP contribution in [0.3, 0.4) is 0 Å². The molecular formula is C20H16N2O5S. The lowest BCUT2D eigenvalue weighted by Gasteiger charge is -2.03. The second-order valence-electron chi connectivity index (χ2n) is 6.17. The van der Waals surface area contributed by atoms with Crippen LogP contribution in [0.2, 0.25) is 0 Å². The number of aromatic nitrogens is 1. The standard InChI is InChI=1S/C20H16N2O5S/c1-11-14(13-5-3-4-6-15(13)21-11)9-17-18(23)22(20(25)28-17)10-12-7-8-16(27-12)19(24)26-2/h3-9,23H,10H2,1-2H3/b14-9+. The van der Waals surface area contributed by atoms with Gasteiger partial charge in [0.2, 0.25) is 11.6 Å². The Labute approximate surface area is 163 Å². The number of fused-ring (bicyclic) bond motifs is 1. The van der Waals surface area contributed by atoms with Crippen molar-refractivity contribution in [3.63, 3.8) is 0 Å². The number of hydrogen-bond acceptors (Lipinski definition) is 7. The fourth-order valence-electron chi connectivity index (χ4n) is 3.02. The third-order valence-electron chi connectivity index (χ3n) is 4.40. The van der Waals surface area contributed by atoms with E-state index in [2.05, 4.69) is 9.73 Å². The molecule has 0 radical (unpaired) electrons. The largest absolute Gasteiger partial charge is 0.493 e. The molecule has 4 rings (SSSR count). The number of methoxy groups -OCH3 is 1. The van der Waals surface area contributed by atoms with E-state index in [-0.39, 0.29) is 23.1 Å². The maximum Gasteiger partial charge on any atom is 0.373 e. The molecule has 1 aromatic carbocycles. The van der Waals surface area contributed by atoms with E-state index >= 15 is 0 Å². The van der Waals surface area contributed by atoms with E-state index in [4.69, 9.17) is 4.42 Å². The summed E-state index contributed by atoms with van der Waals surface area (Å²) in [7, 11) is 1.26. The van der Waals surface area contributed by atoms with Crippen molar-refractivity contribution in [2.45, 2.75) is 13.5 Å². The Morgan fingerprint density at radius 1 is 1.32 bits per heavy atom. The molecule has 0 bridgehead atoms. The molecule has 2 aromatic heterocycles.